The monoisotopic (exact) mass is 549 g/mol. The summed E-state index contributed by atoms with van der Waals surface area (Å²) in [7, 11) is 0. The zero-order valence-corrected chi connectivity index (χ0v) is 22.5. The number of aromatic hydroxyl groups is 2. The summed E-state index contributed by atoms with van der Waals surface area (Å²) in [4.78, 5) is 2.50. The maximum Gasteiger partial charge on any atom is 0.150 e. The highest BCUT2D eigenvalue weighted by Crippen LogP contribution is 2.48. The molecule has 1 unspecified atom stereocenters. The number of benzene rings is 3. The smallest absolute Gasteiger partial charge is 0.150 e. The minimum atomic E-state index is -0.380. The number of nitrogens with zero attached hydrogens (tertiary/aromatic N) is 1. The van der Waals surface area contributed by atoms with E-state index >= 15 is 0 Å². The van der Waals surface area contributed by atoms with Crippen LogP contribution in [-0.2, 0) is 0 Å². The number of fused-ring (bicyclic) bond motifs is 1. The van der Waals surface area contributed by atoms with E-state index in [9.17, 15) is 10.2 Å². The normalized spacial score (nSPS) is 20.7. The summed E-state index contributed by atoms with van der Waals surface area (Å²) in [5.41, 5.74) is 4.60. The van der Waals surface area contributed by atoms with Gasteiger partial charge in [0.05, 0.1) is 0 Å². The number of allylic oxidation sites excluding steroid dienone is 1. The van der Waals surface area contributed by atoms with Crippen LogP contribution >= 0.6 is 15.9 Å². The number of hydrogen-bond acceptors (Lipinski definition) is 5. The van der Waals surface area contributed by atoms with E-state index in [0.29, 0.717) is 18.4 Å². The highest BCUT2D eigenvalue weighted by atomic mass is 79.9. The van der Waals surface area contributed by atoms with E-state index in [0.717, 1.165) is 57.1 Å². The maximum atomic E-state index is 10.3. The van der Waals surface area contributed by atoms with E-state index in [1.807, 2.05) is 37.3 Å². The van der Waals surface area contributed by atoms with Gasteiger partial charge in [-0.25, -0.2) is 0 Å². The topological polar surface area (TPSA) is 62.2 Å². The first-order valence-electron chi connectivity index (χ1n) is 12.5. The van der Waals surface area contributed by atoms with Crippen LogP contribution in [0.5, 0.6) is 23.0 Å². The Morgan fingerprint density at radius 3 is 2.53 bits per heavy atom. The van der Waals surface area contributed by atoms with Crippen LogP contribution in [0.25, 0.3) is 11.1 Å². The highest BCUT2D eigenvalue weighted by molar-refractivity contribution is 9.10. The molecule has 5 nitrogen and oxygen atoms in total. The molecule has 5 rings (SSSR count). The number of phenolic OH excluding ortho intramolecular Hbond substituents is 2. The predicted molar refractivity (Wildman–Crippen MR) is 147 cm³/mol. The fraction of sp³-hybridized carbons (Fsp3) is 0.333. The van der Waals surface area contributed by atoms with Crippen LogP contribution in [0, 0.1) is 5.92 Å². The van der Waals surface area contributed by atoms with Gasteiger partial charge in [-0.1, -0.05) is 35.0 Å². The molecule has 0 saturated carbocycles. The molecule has 1 fully saturated rings. The molecule has 0 aromatic heterocycles. The first-order chi connectivity index (χ1) is 17.3. The third-order valence-electron chi connectivity index (χ3n) is 7.22. The number of ether oxygens (including phenoxy) is 2. The van der Waals surface area contributed by atoms with Gasteiger partial charge in [-0.05, 0) is 98.0 Å². The average Bonchev–Trinajstić information content (AvgIpc) is 3.29. The van der Waals surface area contributed by atoms with Crippen molar-refractivity contribution in [2.75, 3.05) is 19.7 Å². The van der Waals surface area contributed by atoms with Gasteiger partial charge in [-0.3, -0.25) is 4.90 Å². The second kappa shape index (κ2) is 10.2. The first-order valence-corrected chi connectivity index (χ1v) is 13.3. The van der Waals surface area contributed by atoms with Gasteiger partial charge < -0.3 is 19.7 Å². The van der Waals surface area contributed by atoms with Gasteiger partial charge in [0.1, 0.15) is 35.7 Å². The molecular weight excluding hydrogens is 518 g/mol. The van der Waals surface area contributed by atoms with E-state index in [1.165, 1.54) is 6.42 Å². The van der Waals surface area contributed by atoms with Crippen molar-refractivity contribution in [1.82, 2.24) is 4.90 Å². The molecule has 2 aliphatic rings. The van der Waals surface area contributed by atoms with Gasteiger partial charge in [0.25, 0.3) is 0 Å². The van der Waals surface area contributed by atoms with Crippen molar-refractivity contribution >= 4 is 27.1 Å². The van der Waals surface area contributed by atoms with Crippen molar-refractivity contribution in [1.29, 1.82) is 0 Å². The van der Waals surface area contributed by atoms with Crippen LogP contribution in [0.1, 0.15) is 50.0 Å². The van der Waals surface area contributed by atoms with Crippen LogP contribution in [0.4, 0.5) is 0 Å². The number of likely N-dealkylation sites (tertiary alicyclic amines) is 1. The van der Waals surface area contributed by atoms with Crippen LogP contribution in [0.2, 0.25) is 0 Å². The first kappa shape index (κ1) is 24.7. The number of halogens is 1. The zero-order valence-electron chi connectivity index (χ0n) is 20.9. The molecule has 36 heavy (non-hydrogen) atoms. The number of rotatable bonds is 6. The SMILES string of the molecule is CC1=C(c2cc(O)cc(Br)c2)C(c2ccc(OC[C@H](C)N3CC[C@@H](C)C3)cc2)Oc2ccc(O)cc21. The van der Waals surface area contributed by atoms with Gasteiger partial charge in [0.15, 0.2) is 0 Å². The Bertz CT molecular complexity index is 1270. The summed E-state index contributed by atoms with van der Waals surface area (Å²) in [5, 5.41) is 20.4. The molecule has 3 aromatic rings. The predicted octanol–water partition coefficient (Wildman–Crippen LogP) is 7.03. The third kappa shape index (κ3) is 5.11. The molecular formula is C30H32BrNO4. The molecule has 2 aliphatic heterocycles. The van der Waals surface area contributed by atoms with Gasteiger partial charge in [0.2, 0.25) is 0 Å². The second-order valence-corrected chi connectivity index (χ2v) is 10.9. The van der Waals surface area contributed by atoms with E-state index in [2.05, 4.69) is 34.7 Å². The van der Waals surface area contributed by atoms with Crippen molar-refractivity contribution in [3.63, 3.8) is 0 Å². The van der Waals surface area contributed by atoms with Crippen LogP contribution in [-0.4, -0.2) is 40.9 Å². The highest BCUT2D eigenvalue weighted by Gasteiger charge is 2.30. The molecule has 3 aromatic carbocycles. The third-order valence-corrected chi connectivity index (χ3v) is 7.68. The molecule has 0 aliphatic carbocycles. The molecule has 0 radical (unpaired) electrons. The van der Waals surface area contributed by atoms with Crippen molar-refractivity contribution in [2.45, 2.75) is 39.3 Å². The molecule has 188 valence electrons. The second-order valence-electron chi connectivity index (χ2n) is 10.0. The lowest BCUT2D eigenvalue weighted by Gasteiger charge is -2.31. The van der Waals surface area contributed by atoms with Crippen molar-refractivity contribution in [2.24, 2.45) is 5.92 Å². The fourth-order valence-corrected chi connectivity index (χ4v) is 5.69. The Morgan fingerprint density at radius 1 is 1.06 bits per heavy atom. The van der Waals surface area contributed by atoms with E-state index < -0.39 is 0 Å². The fourth-order valence-electron chi connectivity index (χ4n) is 5.20. The summed E-state index contributed by atoms with van der Waals surface area (Å²) >= 11 is 3.50. The van der Waals surface area contributed by atoms with Gasteiger partial charge in [-0.15, -0.1) is 0 Å². The number of hydrogen-bond donors (Lipinski definition) is 2. The van der Waals surface area contributed by atoms with Crippen LogP contribution < -0.4 is 9.47 Å². The van der Waals surface area contributed by atoms with Crippen molar-refractivity contribution < 1.29 is 19.7 Å². The standard InChI is InChI=1S/C30H32BrNO4/c1-18-10-11-32(16-18)19(2)17-35-26-7-4-21(5-8-26)30-29(22-12-23(31)14-25(34)13-22)20(3)27-15-24(33)6-9-28(27)36-30/h4-9,12-15,18-19,30,33-34H,10-11,16-17H2,1-3H3/t18-,19+,30?/m1/s1. The molecule has 0 amide bonds. The molecule has 0 spiro atoms. The Labute approximate surface area is 221 Å². The van der Waals surface area contributed by atoms with Crippen molar-refractivity contribution in [3.8, 4) is 23.0 Å². The quantitative estimate of drug-likeness (QED) is 0.345. The summed E-state index contributed by atoms with van der Waals surface area (Å²) in [6.45, 7) is 9.50. The summed E-state index contributed by atoms with van der Waals surface area (Å²) < 4.78 is 13.4. The van der Waals surface area contributed by atoms with Crippen molar-refractivity contribution in [3.05, 3.63) is 81.8 Å². The Morgan fingerprint density at radius 2 is 1.83 bits per heavy atom. The van der Waals surface area contributed by atoms with Crippen LogP contribution in [0.15, 0.2) is 65.1 Å². The van der Waals surface area contributed by atoms with Crippen LogP contribution in [0.3, 0.4) is 0 Å². The Kier molecular flexibility index (Phi) is 7.00. The molecule has 2 heterocycles. The van der Waals surface area contributed by atoms with E-state index in [1.54, 1.807) is 30.3 Å². The molecule has 0 bridgehead atoms. The molecule has 3 atom stereocenters. The lowest BCUT2D eigenvalue weighted by molar-refractivity contribution is 0.169. The Balaban J connectivity index is 1.43. The summed E-state index contributed by atoms with van der Waals surface area (Å²) in [6.07, 6.45) is 0.878. The lowest BCUT2D eigenvalue weighted by Crippen LogP contribution is -2.35. The van der Waals surface area contributed by atoms with E-state index in [-0.39, 0.29) is 17.6 Å². The number of phenols is 2. The van der Waals surface area contributed by atoms with Gasteiger partial charge >= 0.3 is 0 Å². The Hall–Kier alpha value is -2.96. The summed E-state index contributed by atoms with van der Waals surface area (Å²) in [6, 6.07) is 19.0. The van der Waals surface area contributed by atoms with Gasteiger partial charge in [-0.2, -0.15) is 0 Å². The average molecular weight is 550 g/mol. The molecule has 2 N–H and O–H groups in total. The minimum Gasteiger partial charge on any atom is -0.508 e. The largest absolute Gasteiger partial charge is 0.508 e. The van der Waals surface area contributed by atoms with Gasteiger partial charge in [0, 0.05) is 28.2 Å². The van der Waals surface area contributed by atoms with E-state index in [4.69, 9.17) is 9.47 Å². The molecule has 1 saturated heterocycles. The minimum absolute atomic E-state index is 0.172. The summed E-state index contributed by atoms with van der Waals surface area (Å²) in [5.74, 6) is 2.67. The lowest BCUT2D eigenvalue weighted by atomic mass is 9.86. The zero-order chi connectivity index (χ0) is 25.4. The maximum absolute atomic E-state index is 10.3. The molecule has 6 heteroatoms.